The maximum absolute atomic E-state index is 13.1. The summed E-state index contributed by atoms with van der Waals surface area (Å²) >= 11 is 5.96. The number of carbonyl (C=O) groups is 5. The summed E-state index contributed by atoms with van der Waals surface area (Å²) in [6, 6.07) is 5.10. The molecule has 0 saturated carbocycles. The van der Waals surface area contributed by atoms with Gasteiger partial charge < -0.3 is 30.4 Å². The third kappa shape index (κ3) is 8.18. The van der Waals surface area contributed by atoms with E-state index >= 15 is 0 Å². The third-order valence-electron chi connectivity index (χ3n) is 7.17. The molecule has 0 bridgehead atoms. The number of benzene rings is 1. The van der Waals surface area contributed by atoms with E-state index in [1.807, 2.05) is 13.8 Å². The van der Waals surface area contributed by atoms with E-state index in [0.717, 1.165) is 0 Å². The van der Waals surface area contributed by atoms with Gasteiger partial charge in [0.25, 0.3) is 0 Å². The van der Waals surface area contributed by atoms with Crippen LogP contribution in [-0.4, -0.2) is 65.7 Å². The predicted octanol–water partition coefficient (Wildman–Crippen LogP) is 2.57. The van der Waals surface area contributed by atoms with Crippen LogP contribution in [0.3, 0.4) is 0 Å². The Balaban J connectivity index is 1.55. The predicted molar refractivity (Wildman–Crippen MR) is 141 cm³/mol. The highest BCUT2D eigenvalue weighted by molar-refractivity contribution is 6.30. The molecule has 208 valence electrons. The molecule has 2 fully saturated rings. The number of amides is 4. The number of nitrogens with one attached hydrogen (secondary N) is 3. The molecular formula is C27H37ClN4O6. The highest BCUT2D eigenvalue weighted by Gasteiger charge is 2.46. The molecule has 3 atom stereocenters. The van der Waals surface area contributed by atoms with Gasteiger partial charge in [-0.25, -0.2) is 4.79 Å². The molecule has 0 aliphatic carbocycles. The summed E-state index contributed by atoms with van der Waals surface area (Å²) in [5.74, 6) is -1.01. The van der Waals surface area contributed by atoms with Crippen LogP contribution >= 0.6 is 11.6 Å². The molecule has 1 spiro atoms. The number of likely N-dealkylation sites (tertiary alicyclic amines) is 1. The number of piperidine rings is 1. The maximum atomic E-state index is 13.1. The van der Waals surface area contributed by atoms with Crippen molar-refractivity contribution in [2.75, 3.05) is 13.1 Å². The second-order valence-corrected chi connectivity index (χ2v) is 11.1. The average Bonchev–Trinajstić information content (AvgIpc) is 3.15. The fourth-order valence-corrected chi connectivity index (χ4v) is 5.36. The van der Waals surface area contributed by atoms with E-state index in [1.54, 1.807) is 29.2 Å². The Bertz CT molecular complexity index is 1040. The molecular weight excluding hydrogens is 512 g/mol. The fourth-order valence-electron chi connectivity index (χ4n) is 5.15. The van der Waals surface area contributed by atoms with Crippen molar-refractivity contribution in [3.8, 4) is 0 Å². The van der Waals surface area contributed by atoms with Gasteiger partial charge in [-0.1, -0.05) is 37.6 Å². The van der Waals surface area contributed by atoms with E-state index < -0.39 is 30.0 Å². The van der Waals surface area contributed by atoms with Gasteiger partial charge in [-0.3, -0.25) is 14.4 Å². The zero-order valence-corrected chi connectivity index (χ0v) is 22.9. The van der Waals surface area contributed by atoms with Gasteiger partial charge in [0.05, 0.1) is 6.04 Å². The molecule has 2 aliphatic heterocycles. The van der Waals surface area contributed by atoms with E-state index in [9.17, 15) is 24.0 Å². The summed E-state index contributed by atoms with van der Waals surface area (Å²) in [4.78, 5) is 63.5. The molecule has 4 amide bonds. The molecule has 3 rings (SSSR count). The highest BCUT2D eigenvalue weighted by atomic mass is 35.5. The van der Waals surface area contributed by atoms with Crippen LogP contribution in [0.2, 0.25) is 5.02 Å². The maximum Gasteiger partial charge on any atom is 0.408 e. The summed E-state index contributed by atoms with van der Waals surface area (Å²) < 4.78 is 5.25. The number of hydrogen-bond acceptors (Lipinski definition) is 6. The van der Waals surface area contributed by atoms with E-state index in [0.29, 0.717) is 55.6 Å². The normalized spacial score (nSPS) is 20.0. The zero-order valence-electron chi connectivity index (χ0n) is 22.1. The van der Waals surface area contributed by atoms with E-state index in [4.69, 9.17) is 16.3 Å². The van der Waals surface area contributed by atoms with Crippen molar-refractivity contribution >= 4 is 41.7 Å². The molecule has 3 N–H and O–H groups in total. The number of ether oxygens (including phenoxy) is 1. The molecule has 2 aliphatic rings. The minimum Gasteiger partial charge on any atom is -0.445 e. The summed E-state index contributed by atoms with van der Waals surface area (Å²) in [5, 5.41) is 8.88. The van der Waals surface area contributed by atoms with E-state index in [-0.39, 0.29) is 36.3 Å². The second-order valence-electron chi connectivity index (χ2n) is 10.7. The van der Waals surface area contributed by atoms with Crippen LogP contribution in [-0.2, 0) is 30.5 Å². The molecule has 0 radical (unpaired) electrons. The lowest BCUT2D eigenvalue weighted by molar-refractivity contribution is -0.130. The van der Waals surface area contributed by atoms with Crippen molar-refractivity contribution in [1.82, 2.24) is 20.9 Å². The lowest BCUT2D eigenvalue weighted by atomic mass is 9.82. The van der Waals surface area contributed by atoms with Gasteiger partial charge in [-0.2, -0.15) is 0 Å². The minimum absolute atomic E-state index is 0.0118. The Morgan fingerprint density at radius 3 is 2.55 bits per heavy atom. The smallest absolute Gasteiger partial charge is 0.408 e. The summed E-state index contributed by atoms with van der Waals surface area (Å²) in [6.45, 7) is 6.50. The van der Waals surface area contributed by atoms with Crippen LogP contribution < -0.4 is 16.0 Å². The van der Waals surface area contributed by atoms with E-state index in [2.05, 4.69) is 16.0 Å². The molecule has 10 nitrogen and oxygen atoms in total. The van der Waals surface area contributed by atoms with Crippen molar-refractivity contribution < 1.29 is 28.7 Å². The average molecular weight is 549 g/mol. The second kappa shape index (κ2) is 13.1. The Kier molecular flexibility index (Phi) is 10.1. The van der Waals surface area contributed by atoms with Crippen LogP contribution in [0, 0.1) is 11.8 Å². The molecule has 2 saturated heterocycles. The minimum atomic E-state index is -0.913. The Morgan fingerprint density at radius 2 is 1.95 bits per heavy atom. The molecule has 1 aromatic rings. The topological polar surface area (TPSA) is 134 Å². The van der Waals surface area contributed by atoms with Gasteiger partial charge in [0.1, 0.15) is 18.9 Å². The van der Waals surface area contributed by atoms with Gasteiger partial charge in [-0.15, -0.1) is 0 Å². The van der Waals surface area contributed by atoms with Crippen LogP contribution in [0.1, 0.15) is 58.4 Å². The lowest BCUT2D eigenvalue weighted by Crippen LogP contribution is -2.51. The molecule has 1 aromatic carbocycles. The van der Waals surface area contributed by atoms with Crippen LogP contribution in [0.25, 0.3) is 0 Å². The summed E-state index contributed by atoms with van der Waals surface area (Å²) in [7, 11) is 0. The van der Waals surface area contributed by atoms with Gasteiger partial charge in [0.2, 0.25) is 17.7 Å². The number of alkyl carbamates (subject to hydrolysis) is 1. The highest BCUT2D eigenvalue weighted by Crippen LogP contribution is 2.36. The molecule has 38 heavy (non-hydrogen) atoms. The fraction of sp³-hybridized carbons (Fsp3) is 0.593. The summed E-state index contributed by atoms with van der Waals surface area (Å²) in [5.41, 5.74) is 0.317. The first-order valence-corrected chi connectivity index (χ1v) is 13.4. The zero-order chi connectivity index (χ0) is 27.9. The monoisotopic (exact) mass is 548 g/mol. The van der Waals surface area contributed by atoms with E-state index in [1.165, 1.54) is 6.92 Å². The Hall–Kier alpha value is -3.14. The van der Waals surface area contributed by atoms with Gasteiger partial charge in [-0.05, 0) is 55.7 Å². The van der Waals surface area contributed by atoms with Gasteiger partial charge >= 0.3 is 6.09 Å². The number of aldehydes is 1. The van der Waals surface area contributed by atoms with Gasteiger partial charge in [0.15, 0.2) is 0 Å². The van der Waals surface area contributed by atoms with Crippen molar-refractivity contribution in [3.63, 3.8) is 0 Å². The van der Waals surface area contributed by atoms with Gasteiger partial charge in [0, 0.05) is 36.5 Å². The molecule has 2 heterocycles. The first kappa shape index (κ1) is 29.4. The number of halogens is 1. The quantitative estimate of drug-likeness (QED) is 0.385. The Morgan fingerprint density at radius 1 is 1.24 bits per heavy atom. The van der Waals surface area contributed by atoms with Crippen LogP contribution in [0.15, 0.2) is 24.3 Å². The first-order valence-electron chi connectivity index (χ1n) is 13.0. The molecule has 2 unspecified atom stereocenters. The van der Waals surface area contributed by atoms with Crippen LogP contribution in [0.4, 0.5) is 4.79 Å². The number of hydrogen-bond donors (Lipinski definition) is 3. The third-order valence-corrected chi connectivity index (χ3v) is 7.40. The number of carbonyl (C=O) groups excluding carboxylic acids is 5. The largest absolute Gasteiger partial charge is 0.445 e. The van der Waals surface area contributed by atoms with Crippen molar-refractivity contribution in [2.45, 2.75) is 77.1 Å². The number of rotatable bonds is 10. The SMILES string of the molecule is CC(=O)N1CCC2(CC1)CC(CC(C=O)NC(=O)[C@H](CC(C)C)NC(=O)OCc1cccc(Cl)c1)C(=O)N2. The standard InChI is InChI=1S/C27H37ClN4O6/c1-17(2)11-23(30-26(37)38-16-19-5-4-6-21(28)12-19)25(36)29-22(15-33)13-20-14-27(31-24(20)35)7-9-32(10-8-27)18(3)34/h4-6,12,15,17,20,22-23H,7-11,13-14,16H2,1-3H3,(H,29,36)(H,30,37)(H,31,35)/t20?,22?,23-/m0/s1. The summed E-state index contributed by atoms with van der Waals surface area (Å²) in [6.07, 6.45) is 2.22. The van der Waals surface area contributed by atoms with Crippen molar-refractivity contribution in [3.05, 3.63) is 34.9 Å². The molecule has 0 aromatic heterocycles. The number of nitrogens with zero attached hydrogens (tertiary/aromatic N) is 1. The van der Waals surface area contributed by atoms with Crippen molar-refractivity contribution in [2.24, 2.45) is 11.8 Å². The first-order chi connectivity index (χ1) is 18.0. The molecule has 11 heteroatoms. The lowest BCUT2D eigenvalue weighted by Gasteiger charge is -2.39. The van der Waals surface area contributed by atoms with Crippen molar-refractivity contribution in [1.29, 1.82) is 0 Å². The Labute approximate surface area is 228 Å². The van der Waals surface area contributed by atoms with Crippen LogP contribution in [0.5, 0.6) is 0 Å².